The lowest BCUT2D eigenvalue weighted by atomic mass is 10.0. The van der Waals surface area contributed by atoms with Gasteiger partial charge in [-0.05, 0) is 46.2 Å². The molecule has 2 N–H and O–H groups in total. The zero-order valence-electron chi connectivity index (χ0n) is 10.3. The fourth-order valence-electron chi connectivity index (χ4n) is 1.91. The Bertz CT molecular complexity index is 523. The van der Waals surface area contributed by atoms with Crippen molar-refractivity contribution in [2.24, 2.45) is 5.92 Å². The number of furan rings is 1. The molecule has 0 bridgehead atoms. The van der Waals surface area contributed by atoms with Crippen LogP contribution >= 0.6 is 27.7 Å². The lowest BCUT2D eigenvalue weighted by molar-refractivity contribution is 0.245. The van der Waals surface area contributed by atoms with E-state index >= 15 is 0 Å². The Labute approximate surface area is 125 Å². The number of aliphatic hydroxyl groups excluding tert-OH is 1. The van der Waals surface area contributed by atoms with Gasteiger partial charge in [0.05, 0.1) is 0 Å². The summed E-state index contributed by atoms with van der Waals surface area (Å²) in [5.74, 6) is 2.81. The zero-order valence-corrected chi connectivity index (χ0v) is 13.5. The Morgan fingerprint density at radius 2 is 2.16 bits per heavy atom. The first-order chi connectivity index (χ1) is 9.03. The highest BCUT2D eigenvalue weighted by Crippen LogP contribution is 2.27. The average Bonchev–Trinajstić information content (AvgIpc) is 2.80. The number of sulfonamides is 1. The van der Waals surface area contributed by atoms with Crippen LogP contribution in [0.25, 0.3) is 0 Å². The summed E-state index contributed by atoms with van der Waals surface area (Å²) in [6.45, 7) is 0.128. The molecule has 5 nitrogen and oxygen atoms in total. The van der Waals surface area contributed by atoms with E-state index in [0.717, 1.165) is 24.3 Å². The van der Waals surface area contributed by atoms with Crippen molar-refractivity contribution in [1.82, 2.24) is 4.72 Å². The van der Waals surface area contributed by atoms with E-state index in [2.05, 4.69) is 20.7 Å². The molecule has 1 aromatic heterocycles. The molecular weight excluding hydrogens is 354 g/mol. The Hall–Kier alpha value is -0.0200. The van der Waals surface area contributed by atoms with E-state index in [9.17, 15) is 8.42 Å². The lowest BCUT2D eigenvalue weighted by Gasteiger charge is -2.21. The maximum atomic E-state index is 12.1. The molecule has 1 aliphatic heterocycles. The SMILES string of the molecule is O=S(=O)(NCC1CCSCC1)c1cc(CO)oc1Br. The van der Waals surface area contributed by atoms with E-state index in [1.165, 1.54) is 6.07 Å². The van der Waals surface area contributed by atoms with Gasteiger partial charge < -0.3 is 9.52 Å². The third-order valence-corrected chi connectivity index (χ3v) is 6.38. The molecule has 1 saturated heterocycles. The van der Waals surface area contributed by atoms with E-state index < -0.39 is 10.0 Å². The van der Waals surface area contributed by atoms with Gasteiger partial charge in [-0.2, -0.15) is 11.8 Å². The molecule has 108 valence electrons. The molecule has 1 aromatic rings. The third-order valence-electron chi connectivity index (χ3n) is 3.05. The summed E-state index contributed by atoms with van der Waals surface area (Å²) in [4.78, 5) is 0.0433. The minimum absolute atomic E-state index is 0.0433. The van der Waals surface area contributed by atoms with Crippen molar-refractivity contribution < 1.29 is 17.9 Å². The number of rotatable bonds is 5. The number of nitrogens with one attached hydrogen (secondary N) is 1. The summed E-state index contributed by atoms with van der Waals surface area (Å²) in [6.07, 6.45) is 2.09. The van der Waals surface area contributed by atoms with E-state index in [0.29, 0.717) is 12.5 Å². The van der Waals surface area contributed by atoms with Crippen LogP contribution in [0.4, 0.5) is 0 Å². The van der Waals surface area contributed by atoms with Crippen molar-refractivity contribution in [1.29, 1.82) is 0 Å². The minimum atomic E-state index is -3.59. The average molecular weight is 370 g/mol. The first-order valence-electron chi connectivity index (χ1n) is 5.99. The molecule has 0 saturated carbocycles. The maximum absolute atomic E-state index is 12.1. The van der Waals surface area contributed by atoms with E-state index in [-0.39, 0.29) is 21.9 Å². The number of thioether (sulfide) groups is 1. The summed E-state index contributed by atoms with van der Waals surface area (Å²) in [7, 11) is -3.59. The largest absolute Gasteiger partial charge is 0.450 e. The van der Waals surface area contributed by atoms with Gasteiger partial charge in [0, 0.05) is 12.6 Å². The van der Waals surface area contributed by atoms with Crippen molar-refractivity contribution in [2.75, 3.05) is 18.1 Å². The van der Waals surface area contributed by atoms with Gasteiger partial charge in [0.15, 0.2) is 4.67 Å². The standard InChI is InChI=1S/C11H16BrNO4S2/c12-11-10(5-9(7-14)17-11)19(15,16)13-6-8-1-3-18-4-2-8/h5,8,13-14H,1-4,6-7H2. The predicted molar refractivity (Wildman–Crippen MR) is 77.6 cm³/mol. The van der Waals surface area contributed by atoms with E-state index in [1.54, 1.807) is 0 Å². The number of aliphatic hydroxyl groups is 1. The molecular formula is C11H16BrNO4S2. The molecule has 1 aliphatic rings. The van der Waals surface area contributed by atoms with Crippen LogP contribution in [0.5, 0.6) is 0 Å². The molecule has 0 aliphatic carbocycles. The number of hydrogen-bond acceptors (Lipinski definition) is 5. The maximum Gasteiger partial charge on any atom is 0.244 e. The highest BCUT2D eigenvalue weighted by Gasteiger charge is 2.24. The second-order valence-electron chi connectivity index (χ2n) is 4.42. The molecule has 8 heteroatoms. The van der Waals surface area contributed by atoms with Crippen molar-refractivity contribution >= 4 is 37.7 Å². The molecule has 2 rings (SSSR count). The van der Waals surface area contributed by atoms with Crippen LogP contribution in [0.15, 0.2) is 20.0 Å². The molecule has 0 aromatic carbocycles. The quantitative estimate of drug-likeness (QED) is 0.828. The van der Waals surface area contributed by atoms with Crippen molar-refractivity contribution in [3.63, 3.8) is 0 Å². The van der Waals surface area contributed by atoms with Gasteiger partial charge in [-0.3, -0.25) is 0 Å². The molecule has 2 heterocycles. The fraction of sp³-hybridized carbons (Fsp3) is 0.636. The van der Waals surface area contributed by atoms with Crippen molar-refractivity contribution in [2.45, 2.75) is 24.3 Å². The second-order valence-corrected chi connectivity index (χ2v) is 8.10. The van der Waals surface area contributed by atoms with Gasteiger partial charge in [-0.1, -0.05) is 0 Å². The van der Waals surface area contributed by atoms with Gasteiger partial charge in [0.1, 0.15) is 17.3 Å². The highest BCUT2D eigenvalue weighted by atomic mass is 79.9. The Morgan fingerprint density at radius 3 is 2.74 bits per heavy atom. The topological polar surface area (TPSA) is 79.5 Å². The van der Waals surface area contributed by atoms with Crippen LogP contribution in [0.3, 0.4) is 0 Å². The molecule has 0 atom stereocenters. The smallest absolute Gasteiger partial charge is 0.244 e. The lowest BCUT2D eigenvalue weighted by Crippen LogP contribution is -2.31. The summed E-state index contributed by atoms with van der Waals surface area (Å²) < 4.78 is 32.1. The summed E-state index contributed by atoms with van der Waals surface area (Å²) in [5, 5.41) is 8.94. The summed E-state index contributed by atoms with van der Waals surface area (Å²) in [5.41, 5.74) is 0. The van der Waals surface area contributed by atoms with Gasteiger partial charge >= 0.3 is 0 Å². The molecule has 0 radical (unpaired) electrons. The number of hydrogen-bond donors (Lipinski definition) is 2. The third kappa shape index (κ3) is 3.98. The van der Waals surface area contributed by atoms with Crippen LogP contribution in [-0.4, -0.2) is 31.6 Å². The second kappa shape index (κ2) is 6.62. The molecule has 0 unspecified atom stereocenters. The van der Waals surface area contributed by atoms with Crippen LogP contribution in [0.2, 0.25) is 0 Å². The summed E-state index contributed by atoms with van der Waals surface area (Å²) >= 11 is 4.97. The Kier molecular flexibility index (Phi) is 5.36. The molecule has 0 amide bonds. The van der Waals surface area contributed by atoms with Crippen LogP contribution in [0.1, 0.15) is 18.6 Å². The molecule has 19 heavy (non-hydrogen) atoms. The van der Waals surface area contributed by atoms with E-state index in [4.69, 9.17) is 9.52 Å². The Morgan fingerprint density at radius 1 is 1.47 bits per heavy atom. The minimum Gasteiger partial charge on any atom is -0.450 e. The van der Waals surface area contributed by atoms with Crippen molar-refractivity contribution in [3.8, 4) is 0 Å². The van der Waals surface area contributed by atoms with Gasteiger partial charge in [-0.15, -0.1) is 0 Å². The zero-order chi connectivity index (χ0) is 13.9. The first-order valence-corrected chi connectivity index (χ1v) is 9.42. The fourth-order valence-corrected chi connectivity index (χ4v) is 5.23. The first kappa shape index (κ1) is 15.4. The summed E-state index contributed by atoms with van der Waals surface area (Å²) in [6, 6.07) is 1.34. The molecule has 0 spiro atoms. The van der Waals surface area contributed by atoms with Crippen LogP contribution in [-0.2, 0) is 16.6 Å². The molecule has 1 fully saturated rings. The number of halogens is 1. The highest BCUT2D eigenvalue weighted by molar-refractivity contribution is 9.10. The van der Waals surface area contributed by atoms with E-state index in [1.807, 2.05) is 11.8 Å². The predicted octanol–water partition coefficient (Wildman–Crippen LogP) is 1.96. The Balaban J connectivity index is 2.02. The van der Waals surface area contributed by atoms with Gasteiger partial charge in [-0.25, -0.2) is 13.1 Å². The van der Waals surface area contributed by atoms with Gasteiger partial charge in [0.2, 0.25) is 10.0 Å². The van der Waals surface area contributed by atoms with Crippen LogP contribution in [0, 0.1) is 5.92 Å². The van der Waals surface area contributed by atoms with Crippen molar-refractivity contribution in [3.05, 3.63) is 16.5 Å². The monoisotopic (exact) mass is 369 g/mol. The van der Waals surface area contributed by atoms with Gasteiger partial charge in [0.25, 0.3) is 0 Å². The van der Waals surface area contributed by atoms with Crippen LogP contribution < -0.4 is 4.72 Å². The normalized spacial score (nSPS) is 17.8.